The molecule has 4 aromatic rings. The van der Waals surface area contributed by atoms with Gasteiger partial charge >= 0.3 is 0 Å². The van der Waals surface area contributed by atoms with Crippen LogP contribution in [0.25, 0.3) is 16.8 Å². The molecule has 0 saturated heterocycles. The molecule has 1 N–H and O–H groups in total. The summed E-state index contributed by atoms with van der Waals surface area (Å²) in [5, 5.41) is 7.30. The fourth-order valence-corrected chi connectivity index (χ4v) is 3.36. The predicted molar refractivity (Wildman–Crippen MR) is 117 cm³/mol. The molecule has 2 aromatic heterocycles. The third-order valence-corrected chi connectivity index (χ3v) is 5.39. The number of hydrogen-bond acceptors (Lipinski definition) is 3. The Kier molecular flexibility index (Phi) is 5.66. The smallest absolute Gasteiger partial charge is 0.276 e. The van der Waals surface area contributed by atoms with Gasteiger partial charge in [0.1, 0.15) is 11.3 Å². The molecule has 2 heterocycles. The Balaban J connectivity index is 1.45. The Morgan fingerprint density at radius 3 is 2.55 bits per heavy atom. The Labute approximate surface area is 179 Å². The number of nitrogens with zero attached hydrogens (tertiary/aromatic N) is 3. The number of benzene rings is 2. The predicted octanol–water partition coefficient (Wildman–Crippen LogP) is 3.63. The van der Waals surface area contributed by atoms with Crippen molar-refractivity contribution in [3.63, 3.8) is 0 Å². The van der Waals surface area contributed by atoms with Crippen molar-refractivity contribution in [2.24, 2.45) is 0 Å². The minimum atomic E-state index is -0.314. The highest BCUT2D eigenvalue weighted by atomic mass is 19.1. The summed E-state index contributed by atoms with van der Waals surface area (Å²) in [6.45, 7) is 4.67. The summed E-state index contributed by atoms with van der Waals surface area (Å²) in [6, 6.07) is 13.8. The van der Waals surface area contributed by atoms with Gasteiger partial charge in [0.25, 0.3) is 5.56 Å². The van der Waals surface area contributed by atoms with Crippen LogP contribution in [0.2, 0.25) is 0 Å². The molecule has 0 atom stereocenters. The maximum absolute atomic E-state index is 12.9. The molecule has 7 heteroatoms. The molecule has 0 aliphatic rings. The number of fused-ring (bicyclic) bond motifs is 1. The van der Waals surface area contributed by atoms with Crippen LogP contribution in [0.4, 0.5) is 4.39 Å². The van der Waals surface area contributed by atoms with E-state index in [4.69, 9.17) is 0 Å². The number of rotatable bonds is 6. The second kappa shape index (κ2) is 8.55. The molecule has 0 spiro atoms. The van der Waals surface area contributed by atoms with Crippen LogP contribution in [0.15, 0.2) is 65.7 Å². The van der Waals surface area contributed by atoms with E-state index in [1.54, 1.807) is 35.1 Å². The molecule has 0 radical (unpaired) electrons. The van der Waals surface area contributed by atoms with Gasteiger partial charge in [-0.05, 0) is 54.8 Å². The van der Waals surface area contributed by atoms with Crippen molar-refractivity contribution in [1.29, 1.82) is 0 Å². The van der Waals surface area contributed by atoms with Gasteiger partial charge in [0.15, 0.2) is 0 Å². The number of amides is 1. The maximum atomic E-state index is 12.9. The average Bonchev–Trinajstić information content (AvgIpc) is 3.20. The van der Waals surface area contributed by atoms with Crippen molar-refractivity contribution in [2.75, 3.05) is 0 Å². The van der Waals surface area contributed by atoms with Crippen molar-refractivity contribution < 1.29 is 9.18 Å². The molecular weight excluding hydrogens is 395 g/mol. The zero-order chi connectivity index (χ0) is 22.0. The number of hydrogen-bond donors (Lipinski definition) is 1. The van der Waals surface area contributed by atoms with Gasteiger partial charge in [0, 0.05) is 37.5 Å². The minimum absolute atomic E-state index is 0.162. The van der Waals surface area contributed by atoms with Crippen molar-refractivity contribution in [1.82, 2.24) is 19.5 Å². The summed E-state index contributed by atoms with van der Waals surface area (Å²) in [7, 11) is 0. The minimum Gasteiger partial charge on any atom is -0.352 e. The Hall–Kier alpha value is -3.74. The molecule has 0 unspecified atom stereocenters. The lowest BCUT2D eigenvalue weighted by molar-refractivity contribution is -0.121. The van der Waals surface area contributed by atoms with Crippen LogP contribution in [-0.4, -0.2) is 20.1 Å². The zero-order valence-corrected chi connectivity index (χ0v) is 17.4. The molecular formula is C24H23FN4O2. The van der Waals surface area contributed by atoms with Gasteiger partial charge in [-0.3, -0.25) is 9.59 Å². The lowest BCUT2D eigenvalue weighted by atomic mass is 10.0. The first-order chi connectivity index (χ1) is 14.9. The normalized spacial score (nSPS) is 11.1. The number of carbonyl (C=O) groups is 1. The molecule has 2 aromatic carbocycles. The number of carbonyl (C=O) groups excluding carboxylic acids is 1. The molecule has 0 fully saturated rings. The highest BCUT2D eigenvalue weighted by Gasteiger charge is 2.11. The summed E-state index contributed by atoms with van der Waals surface area (Å²) in [4.78, 5) is 25.0. The average molecular weight is 418 g/mol. The fourth-order valence-electron chi connectivity index (χ4n) is 3.36. The van der Waals surface area contributed by atoms with Gasteiger partial charge in [0.2, 0.25) is 5.91 Å². The van der Waals surface area contributed by atoms with Crippen molar-refractivity contribution in [3.05, 3.63) is 93.8 Å². The quantitative estimate of drug-likeness (QED) is 0.520. The van der Waals surface area contributed by atoms with Crippen LogP contribution in [0, 0.1) is 19.7 Å². The molecule has 1 amide bonds. The Morgan fingerprint density at radius 2 is 1.81 bits per heavy atom. The second-order valence-corrected chi connectivity index (χ2v) is 7.61. The van der Waals surface area contributed by atoms with E-state index in [2.05, 4.69) is 23.4 Å². The van der Waals surface area contributed by atoms with Gasteiger partial charge < -0.3 is 9.88 Å². The third kappa shape index (κ3) is 4.55. The molecule has 4 rings (SSSR count). The number of aryl methyl sites for hydroxylation is 3. The molecule has 6 nitrogen and oxygen atoms in total. The second-order valence-electron chi connectivity index (χ2n) is 7.61. The third-order valence-electron chi connectivity index (χ3n) is 5.39. The summed E-state index contributed by atoms with van der Waals surface area (Å²) in [6.07, 6.45) is 3.52. The van der Waals surface area contributed by atoms with Crippen LogP contribution in [0.5, 0.6) is 0 Å². The topological polar surface area (TPSA) is 68.4 Å². The van der Waals surface area contributed by atoms with Gasteiger partial charge in [-0.2, -0.15) is 5.10 Å². The van der Waals surface area contributed by atoms with Gasteiger partial charge in [-0.25, -0.2) is 8.91 Å². The lowest BCUT2D eigenvalue weighted by Crippen LogP contribution is -2.27. The summed E-state index contributed by atoms with van der Waals surface area (Å²) >= 11 is 0. The van der Waals surface area contributed by atoms with E-state index < -0.39 is 0 Å². The van der Waals surface area contributed by atoms with E-state index >= 15 is 0 Å². The fraction of sp³-hybridized carbons (Fsp3) is 0.208. The number of nitrogens with one attached hydrogen (secondary N) is 1. The van der Waals surface area contributed by atoms with Crippen molar-refractivity contribution in [3.8, 4) is 11.3 Å². The summed E-state index contributed by atoms with van der Waals surface area (Å²) in [5.41, 5.74) is 5.13. The van der Waals surface area contributed by atoms with Gasteiger partial charge in [0.05, 0.1) is 5.69 Å². The lowest BCUT2D eigenvalue weighted by Gasteiger charge is -2.07. The Morgan fingerprint density at radius 1 is 1.03 bits per heavy atom. The molecule has 158 valence electrons. The first-order valence-corrected chi connectivity index (χ1v) is 10.1. The van der Waals surface area contributed by atoms with E-state index in [1.165, 1.54) is 27.8 Å². The van der Waals surface area contributed by atoms with Crippen LogP contribution in [0.1, 0.15) is 23.1 Å². The molecule has 0 aliphatic heterocycles. The largest absolute Gasteiger partial charge is 0.352 e. The van der Waals surface area contributed by atoms with Crippen molar-refractivity contribution >= 4 is 11.4 Å². The Bertz CT molecular complexity index is 1310. The SMILES string of the molecule is Cc1ccc(-c2cc3c(=O)n(CCC(=O)NCc4ccc(F)cc4)ccn3n2)cc1C. The monoisotopic (exact) mass is 418 g/mol. The van der Waals surface area contributed by atoms with E-state index in [0.29, 0.717) is 12.1 Å². The van der Waals surface area contributed by atoms with E-state index in [-0.39, 0.29) is 30.2 Å². The first-order valence-electron chi connectivity index (χ1n) is 10.1. The van der Waals surface area contributed by atoms with E-state index in [9.17, 15) is 14.0 Å². The highest BCUT2D eigenvalue weighted by Crippen LogP contribution is 2.21. The first kappa shape index (κ1) is 20.5. The molecule has 0 saturated carbocycles. The summed E-state index contributed by atoms with van der Waals surface area (Å²) < 4.78 is 16.0. The van der Waals surface area contributed by atoms with Crippen LogP contribution >= 0.6 is 0 Å². The molecule has 0 aliphatic carbocycles. The number of aromatic nitrogens is 3. The van der Waals surface area contributed by atoms with Crippen LogP contribution in [-0.2, 0) is 17.9 Å². The van der Waals surface area contributed by atoms with E-state index in [0.717, 1.165) is 16.8 Å². The molecule has 0 bridgehead atoms. The van der Waals surface area contributed by atoms with Gasteiger partial charge in [-0.1, -0.05) is 24.3 Å². The van der Waals surface area contributed by atoms with Crippen LogP contribution < -0.4 is 10.9 Å². The van der Waals surface area contributed by atoms with Crippen molar-refractivity contribution in [2.45, 2.75) is 33.4 Å². The van der Waals surface area contributed by atoms with Gasteiger partial charge in [-0.15, -0.1) is 0 Å². The maximum Gasteiger partial charge on any atom is 0.276 e. The van der Waals surface area contributed by atoms with E-state index in [1.807, 2.05) is 19.1 Å². The number of halogens is 1. The standard InChI is InChI=1S/C24H23FN4O2/c1-16-3-6-19(13-17(16)2)21-14-22-24(31)28(11-12-29(22)27-21)10-9-23(30)26-15-18-4-7-20(25)8-5-18/h3-8,11-14H,9-10,15H2,1-2H3,(H,26,30). The molecule has 31 heavy (non-hydrogen) atoms. The highest BCUT2D eigenvalue weighted by molar-refractivity contribution is 5.75. The van der Waals surface area contributed by atoms with Crippen LogP contribution in [0.3, 0.4) is 0 Å². The zero-order valence-electron chi connectivity index (χ0n) is 17.4. The summed E-state index contributed by atoms with van der Waals surface area (Å²) in [5.74, 6) is -0.495.